The Bertz CT molecular complexity index is 1040. The molecule has 1 amide bonds. The minimum Gasteiger partial charge on any atom is -0.493 e. The van der Waals surface area contributed by atoms with Crippen molar-refractivity contribution < 1.29 is 14.3 Å². The van der Waals surface area contributed by atoms with Gasteiger partial charge in [-0.3, -0.25) is 9.48 Å². The molecular formula is C22H28N4O3. The van der Waals surface area contributed by atoms with E-state index in [1.807, 2.05) is 63.9 Å². The standard InChI is InChI=1S/C22H28N4O3/c1-7-26(13-16-9-10-18(29-8-2)19(12-16)28-6)22(27)17-11-14(3)23-21-20(17)15(4)24-25(21)5/h9-12H,7-8,13H2,1-6H3. The highest BCUT2D eigenvalue weighted by molar-refractivity contribution is 6.06. The molecule has 3 aromatic rings. The van der Waals surface area contributed by atoms with E-state index in [2.05, 4.69) is 10.1 Å². The second-order valence-electron chi connectivity index (χ2n) is 6.96. The van der Waals surface area contributed by atoms with Crippen LogP contribution in [0, 0.1) is 13.8 Å². The van der Waals surface area contributed by atoms with Gasteiger partial charge in [0.25, 0.3) is 5.91 Å². The fourth-order valence-corrected chi connectivity index (χ4v) is 3.54. The van der Waals surface area contributed by atoms with E-state index in [-0.39, 0.29) is 5.91 Å². The van der Waals surface area contributed by atoms with Gasteiger partial charge in [-0.05, 0) is 51.5 Å². The smallest absolute Gasteiger partial charge is 0.255 e. The monoisotopic (exact) mass is 396 g/mol. The fourth-order valence-electron chi connectivity index (χ4n) is 3.54. The predicted molar refractivity (Wildman–Crippen MR) is 113 cm³/mol. The molecule has 2 aromatic heterocycles. The van der Waals surface area contributed by atoms with Gasteiger partial charge in [0.15, 0.2) is 17.1 Å². The highest BCUT2D eigenvalue weighted by atomic mass is 16.5. The Morgan fingerprint density at radius 3 is 2.59 bits per heavy atom. The first-order valence-corrected chi connectivity index (χ1v) is 9.79. The minimum atomic E-state index is -0.0352. The number of carbonyl (C=O) groups excluding carboxylic acids is 1. The number of pyridine rings is 1. The zero-order valence-electron chi connectivity index (χ0n) is 17.9. The van der Waals surface area contributed by atoms with Crippen molar-refractivity contribution >= 4 is 16.9 Å². The molecule has 0 fully saturated rings. The number of hydrogen-bond acceptors (Lipinski definition) is 5. The SMILES string of the molecule is CCOc1ccc(CN(CC)C(=O)c2cc(C)nc3c2c(C)nn3C)cc1OC. The van der Waals surface area contributed by atoms with E-state index in [0.29, 0.717) is 36.8 Å². The fraction of sp³-hybridized carbons (Fsp3) is 0.409. The quantitative estimate of drug-likeness (QED) is 0.610. The van der Waals surface area contributed by atoms with Crippen LogP contribution in [-0.2, 0) is 13.6 Å². The van der Waals surface area contributed by atoms with E-state index in [4.69, 9.17) is 9.47 Å². The molecule has 0 spiro atoms. The van der Waals surface area contributed by atoms with Crippen molar-refractivity contribution in [2.24, 2.45) is 7.05 Å². The van der Waals surface area contributed by atoms with E-state index in [9.17, 15) is 4.79 Å². The molecule has 7 nitrogen and oxygen atoms in total. The molecule has 0 aliphatic heterocycles. The average molecular weight is 396 g/mol. The number of ether oxygens (including phenoxy) is 2. The summed E-state index contributed by atoms with van der Waals surface area (Å²) in [5.74, 6) is 1.33. The van der Waals surface area contributed by atoms with Crippen molar-refractivity contribution in [2.75, 3.05) is 20.3 Å². The molecule has 0 aliphatic rings. The third-order valence-electron chi connectivity index (χ3n) is 4.90. The van der Waals surface area contributed by atoms with Crippen LogP contribution in [0.1, 0.15) is 41.2 Å². The van der Waals surface area contributed by atoms with E-state index in [1.165, 1.54) is 0 Å². The second-order valence-corrected chi connectivity index (χ2v) is 6.96. The Kier molecular flexibility index (Phi) is 6.06. The highest BCUT2D eigenvalue weighted by Gasteiger charge is 2.22. The third kappa shape index (κ3) is 4.04. The molecule has 29 heavy (non-hydrogen) atoms. The van der Waals surface area contributed by atoms with Crippen LogP contribution in [0.25, 0.3) is 11.0 Å². The van der Waals surface area contributed by atoms with Crippen molar-refractivity contribution in [3.8, 4) is 11.5 Å². The number of aromatic nitrogens is 3. The molecule has 0 radical (unpaired) electrons. The lowest BCUT2D eigenvalue weighted by molar-refractivity contribution is 0.0754. The molecule has 2 heterocycles. The van der Waals surface area contributed by atoms with Gasteiger partial charge in [0.05, 0.1) is 30.4 Å². The van der Waals surface area contributed by atoms with Gasteiger partial charge < -0.3 is 14.4 Å². The molecule has 0 atom stereocenters. The van der Waals surface area contributed by atoms with Gasteiger partial charge in [0.1, 0.15) is 0 Å². The lowest BCUT2D eigenvalue weighted by atomic mass is 10.1. The maximum absolute atomic E-state index is 13.4. The number of carbonyl (C=O) groups is 1. The van der Waals surface area contributed by atoms with Crippen LogP contribution in [0.5, 0.6) is 11.5 Å². The largest absolute Gasteiger partial charge is 0.493 e. The van der Waals surface area contributed by atoms with Crippen molar-refractivity contribution in [1.82, 2.24) is 19.7 Å². The van der Waals surface area contributed by atoms with E-state index in [0.717, 1.165) is 28.0 Å². The van der Waals surface area contributed by atoms with E-state index < -0.39 is 0 Å². The summed E-state index contributed by atoms with van der Waals surface area (Å²) in [4.78, 5) is 19.8. The lowest BCUT2D eigenvalue weighted by Crippen LogP contribution is -2.30. The van der Waals surface area contributed by atoms with Crippen LogP contribution in [-0.4, -0.2) is 45.8 Å². The topological polar surface area (TPSA) is 69.5 Å². The van der Waals surface area contributed by atoms with Gasteiger partial charge in [-0.2, -0.15) is 5.10 Å². The van der Waals surface area contributed by atoms with Crippen LogP contribution in [0.3, 0.4) is 0 Å². The molecule has 3 rings (SSSR count). The van der Waals surface area contributed by atoms with E-state index in [1.54, 1.807) is 11.8 Å². The summed E-state index contributed by atoms with van der Waals surface area (Å²) >= 11 is 0. The number of amides is 1. The lowest BCUT2D eigenvalue weighted by Gasteiger charge is -2.22. The summed E-state index contributed by atoms with van der Waals surface area (Å²) in [6.07, 6.45) is 0. The second kappa shape index (κ2) is 8.51. The Balaban J connectivity index is 1.95. The molecule has 0 aliphatic carbocycles. The average Bonchev–Trinajstić information content (AvgIpc) is 2.99. The van der Waals surface area contributed by atoms with Crippen LogP contribution < -0.4 is 9.47 Å². The molecule has 0 N–H and O–H groups in total. The number of benzene rings is 1. The van der Waals surface area contributed by atoms with Gasteiger partial charge in [0, 0.05) is 25.8 Å². The van der Waals surface area contributed by atoms with Crippen molar-refractivity contribution in [3.05, 3.63) is 46.8 Å². The summed E-state index contributed by atoms with van der Waals surface area (Å²) in [6.45, 7) is 9.33. The summed E-state index contributed by atoms with van der Waals surface area (Å²) in [6, 6.07) is 7.62. The first-order valence-electron chi connectivity index (χ1n) is 9.79. The molecule has 0 saturated heterocycles. The number of rotatable bonds is 7. The third-order valence-corrected chi connectivity index (χ3v) is 4.90. The first kappa shape index (κ1) is 20.6. The Morgan fingerprint density at radius 1 is 1.17 bits per heavy atom. The summed E-state index contributed by atoms with van der Waals surface area (Å²) in [5, 5.41) is 5.26. The number of methoxy groups -OCH3 is 1. The normalized spacial score (nSPS) is 11.0. The van der Waals surface area contributed by atoms with Gasteiger partial charge in [-0.25, -0.2) is 4.98 Å². The Morgan fingerprint density at radius 2 is 1.93 bits per heavy atom. The van der Waals surface area contributed by atoms with Crippen LogP contribution in [0.2, 0.25) is 0 Å². The van der Waals surface area contributed by atoms with Gasteiger partial charge in [-0.15, -0.1) is 0 Å². The zero-order chi connectivity index (χ0) is 21.1. The number of fused-ring (bicyclic) bond motifs is 1. The molecule has 0 unspecified atom stereocenters. The maximum atomic E-state index is 13.4. The Hall–Kier alpha value is -3.09. The van der Waals surface area contributed by atoms with Crippen molar-refractivity contribution in [2.45, 2.75) is 34.2 Å². The maximum Gasteiger partial charge on any atom is 0.255 e. The van der Waals surface area contributed by atoms with Crippen LogP contribution in [0.4, 0.5) is 0 Å². The molecular weight excluding hydrogens is 368 g/mol. The predicted octanol–water partition coefficient (Wildman–Crippen LogP) is 3.65. The Labute approximate surface area is 171 Å². The highest BCUT2D eigenvalue weighted by Crippen LogP contribution is 2.29. The van der Waals surface area contributed by atoms with Crippen LogP contribution >= 0.6 is 0 Å². The zero-order valence-corrected chi connectivity index (χ0v) is 17.9. The van der Waals surface area contributed by atoms with Gasteiger partial charge >= 0.3 is 0 Å². The molecule has 7 heteroatoms. The molecule has 0 saturated carbocycles. The summed E-state index contributed by atoms with van der Waals surface area (Å²) < 4.78 is 12.8. The van der Waals surface area contributed by atoms with Gasteiger partial charge in [0.2, 0.25) is 0 Å². The molecule has 1 aromatic carbocycles. The molecule has 0 bridgehead atoms. The van der Waals surface area contributed by atoms with Crippen molar-refractivity contribution in [3.63, 3.8) is 0 Å². The molecule has 154 valence electrons. The number of aryl methyl sites for hydroxylation is 3. The summed E-state index contributed by atoms with van der Waals surface area (Å²) in [7, 11) is 3.46. The summed E-state index contributed by atoms with van der Waals surface area (Å²) in [5.41, 5.74) is 3.94. The number of nitrogens with zero attached hydrogens (tertiary/aromatic N) is 4. The minimum absolute atomic E-state index is 0.0352. The number of hydrogen-bond donors (Lipinski definition) is 0. The van der Waals surface area contributed by atoms with E-state index >= 15 is 0 Å². The first-order chi connectivity index (χ1) is 13.9. The van der Waals surface area contributed by atoms with Crippen molar-refractivity contribution in [1.29, 1.82) is 0 Å². The van der Waals surface area contributed by atoms with Crippen LogP contribution in [0.15, 0.2) is 24.3 Å². The van der Waals surface area contributed by atoms with Gasteiger partial charge in [-0.1, -0.05) is 6.07 Å².